The van der Waals surface area contributed by atoms with Crippen molar-refractivity contribution in [3.8, 4) is 0 Å². The van der Waals surface area contributed by atoms with Crippen molar-refractivity contribution in [2.75, 3.05) is 19.6 Å². The van der Waals surface area contributed by atoms with Gasteiger partial charge < -0.3 is 9.32 Å². The molecule has 0 unspecified atom stereocenters. The van der Waals surface area contributed by atoms with Gasteiger partial charge in [0.15, 0.2) is 0 Å². The van der Waals surface area contributed by atoms with Gasteiger partial charge in [0.05, 0.1) is 11.3 Å². The number of hydrogen-bond acceptors (Lipinski definition) is 4. The Bertz CT molecular complexity index is 682. The number of rotatable bonds is 3. The third kappa shape index (κ3) is 3.17. The predicted molar refractivity (Wildman–Crippen MR) is 86.3 cm³/mol. The normalized spacial score (nSPS) is 26.6. The number of furan rings is 1. The van der Waals surface area contributed by atoms with Gasteiger partial charge in [0.1, 0.15) is 11.5 Å². The SMILES string of the molecule is CC(=O)N1CCC[C@@H](S(=O)(=O)N2CCC[C@@H]2c2ccc(C)o2)C1. The van der Waals surface area contributed by atoms with Gasteiger partial charge in [-0.15, -0.1) is 0 Å². The van der Waals surface area contributed by atoms with Crippen LogP contribution in [0.1, 0.15) is 50.2 Å². The molecule has 1 aromatic rings. The minimum Gasteiger partial charge on any atom is -0.465 e. The van der Waals surface area contributed by atoms with E-state index < -0.39 is 15.3 Å². The Labute approximate surface area is 137 Å². The summed E-state index contributed by atoms with van der Waals surface area (Å²) in [7, 11) is -3.44. The molecule has 128 valence electrons. The van der Waals surface area contributed by atoms with E-state index in [1.54, 1.807) is 9.21 Å². The molecule has 0 radical (unpaired) electrons. The van der Waals surface area contributed by atoms with Gasteiger partial charge >= 0.3 is 0 Å². The molecule has 23 heavy (non-hydrogen) atoms. The fraction of sp³-hybridized carbons (Fsp3) is 0.688. The van der Waals surface area contributed by atoms with Crippen LogP contribution in [0.15, 0.2) is 16.5 Å². The van der Waals surface area contributed by atoms with Crippen LogP contribution in [0.25, 0.3) is 0 Å². The summed E-state index contributed by atoms with van der Waals surface area (Å²) in [5.41, 5.74) is 0. The molecular formula is C16H24N2O4S. The first-order valence-electron chi connectivity index (χ1n) is 8.22. The molecule has 1 aromatic heterocycles. The zero-order chi connectivity index (χ0) is 16.6. The summed E-state index contributed by atoms with van der Waals surface area (Å²) in [5, 5.41) is -0.503. The molecule has 3 heterocycles. The smallest absolute Gasteiger partial charge is 0.219 e. The van der Waals surface area contributed by atoms with Crippen molar-refractivity contribution in [1.29, 1.82) is 0 Å². The summed E-state index contributed by atoms with van der Waals surface area (Å²) in [6.45, 7) is 4.85. The molecule has 3 rings (SSSR count). The number of aryl methyl sites for hydroxylation is 1. The number of carbonyl (C=O) groups excluding carboxylic acids is 1. The molecule has 0 spiro atoms. The first-order valence-corrected chi connectivity index (χ1v) is 9.72. The maximum Gasteiger partial charge on any atom is 0.219 e. The molecular weight excluding hydrogens is 316 g/mol. The quantitative estimate of drug-likeness (QED) is 0.844. The highest BCUT2D eigenvalue weighted by Gasteiger charge is 2.42. The van der Waals surface area contributed by atoms with Gasteiger partial charge in [0.25, 0.3) is 0 Å². The van der Waals surface area contributed by atoms with Crippen molar-refractivity contribution in [2.24, 2.45) is 0 Å². The second-order valence-corrected chi connectivity index (χ2v) is 8.66. The van der Waals surface area contributed by atoms with Gasteiger partial charge in [-0.1, -0.05) is 0 Å². The minimum absolute atomic E-state index is 0.0514. The van der Waals surface area contributed by atoms with E-state index in [0.717, 1.165) is 30.8 Å². The molecule has 2 aliphatic heterocycles. The second-order valence-electron chi connectivity index (χ2n) is 6.49. The lowest BCUT2D eigenvalue weighted by molar-refractivity contribution is -0.129. The summed E-state index contributed by atoms with van der Waals surface area (Å²) < 4.78 is 33.5. The average molecular weight is 340 g/mol. The zero-order valence-corrected chi connectivity index (χ0v) is 14.5. The minimum atomic E-state index is -3.44. The first kappa shape index (κ1) is 16.5. The molecule has 7 heteroatoms. The molecule has 1 amide bonds. The highest BCUT2D eigenvalue weighted by Crippen LogP contribution is 2.37. The van der Waals surface area contributed by atoms with Crippen molar-refractivity contribution in [3.63, 3.8) is 0 Å². The Balaban J connectivity index is 1.82. The monoisotopic (exact) mass is 340 g/mol. The Hall–Kier alpha value is -1.34. The summed E-state index contributed by atoms with van der Waals surface area (Å²) >= 11 is 0. The fourth-order valence-electron chi connectivity index (χ4n) is 3.62. The third-order valence-corrected chi connectivity index (χ3v) is 7.18. The second kappa shape index (κ2) is 6.28. The molecule has 0 aromatic carbocycles. The largest absolute Gasteiger partial charge is 0.465 e. The van der Waals surface area contributed by atoms with Crippen molar-refractivity contribution in [1.82, 2.24) is 9.21 Å². The lowest BCUT2D eigenvalue weighted by atomic mass is 10.1. The van der Waals surface area contributed by atoms with Crippen LogP contribution in [0.2, 0.25) is 0 Å². The van der Waals surface area contributed by atoms with Crippen molar-refractivity contribution in [3.05, 3.63) is 23.7 Å². The van der Waals surface area contributed by atoms with Gasteiger partial charge in [0.2, 0.25) is 15.9 Å². The molecule has 0 bridgehead atoms. The molecule has 2 saturated heterocycles. The summed E-state index contributed by atoms with van der Waals surface area (Å²) in [5.74, 6) is 1.47. The van der Waals surface area contributed by atoms with Gasteiger partial charge in [-0.2, -0.15) is 4.31 Å². The molecule has 0 saturated carbocycles. The maximum atomic E-state index is 13.1. The maximum absolute atomic E-state index is 13.1. The van der Waals surface area contributed by atoms with E-state index in [2.05, 4.69) is 0 Å². The van der Waals surface area contributed by atoms with E-state index >= 15 is 0 Å². The molecule has 2 fully saturated rings. The van der Waals surface area contributed by atoms with Crippen LogP contribution in [0.5, 0.6) is 0 Å². The van der Waals surface area contributed by atoms with Gasteiger partial charge in [-0.3, -0.25) is 4.79 Å². The number of hydrogen-bond donors (Lipinski definition) is 0. The van der Waals surface area contributed by atoms with Gasteiger partial charge in [-0.25, -0.2) is 8.42 Å². The van der Waals surface area contributed by atoms with Crippen LogP contribution in [0.4, 0.5) is 0 Å². The van der Waals surface area contributed by atoms with Crippen LogP contribution >= 0.6 is 0 Å². The Morgan fingerprint density at radius 2 is 1.96 bits per heavy atom. The van der Waals surface area contributed by atoms with Gasteiger partial charge in [0, 0.05) is 26.6 Å². The van der Waals surface area contributed by atoms with E-state index in [1.807, 2.05) is 19.1 Å². The number of carbonyl (C=O) groups is 1. The van der Waals surface area contributed by atoms with E-state index in [1.165, 1.54) is 6.92 Å². The van der Waals surface area contributed by atoms with Crippen molar-refractivity contribution in [2.45, 2.75) is 50.8 Å². The van der Waals surface area contributed by atoms with Crippen LogP contribution < -0.4 is 0 Å². The van der Waals surface area contributed by atoms with E-state index in [4.69, 9.17) is 4.42 Å². The summed E-state index contributed by atoms with van der Waals surface area (Å²) in [6, 6.07) is 3.54. The number of sulfonamides is 1. The van der Waals surface area contributed by atoms with E-state index in [9.17, 15) is 13.2 Å². The van der Waals surface area contributed by atoms with Crippen LogP contribution in [-0.4, -0.2) is 48.4 Å². The van der Waals surface area contributed by atoms with E-state index in [-0.39, 0.29) is 11.9 Å². The Kier molecular flexibility index (Phi) is 4.51. The topological polar surface area (TPSA) is 70.8 Å². The molecule has 2 aliphatic rings. The predicted octanol–water partition coefficient (Wildman–Crippen LogP) is 2.07. The van der Waals surface area contributed by atoms with Crippen LogP contribution in [-0.2, 0) is 14.8 Å². The summed E-state index contributed by atoms with van der Waals surface area (Å²) in [4.78, 5) is 13.2. The fourth-order valence-corrected chi connectivity index (χ4v) is 5.78. The highest BCUT2D eigenvalue weighted by molar-refractivity contribution is 7.89. The lowest BCUT2D eigenvalue weighted by Crippen LogP contribution is -2.48. The molecule has 2 atom stereocenters. The number of piperidine rings is 1. The van der Waals surface area contributed by atoms with Crippen molar-refractivity contribution >= 4 is 15.9 Å². The summed E-state index contributed by atoms with van der Waals surface area (Å²) in [6.07, 6.45) is 2.98. The Morgan fingerprint density at radius 1 is 1.22 bits per heavy atom. The average Bonchev–Trinajstić information content (AvgIpc) is 3.16. The lowest BCUT2D eigenvalue weighted by Gasteiger charge is -2.35. The zero-order valence-electron chi connectivity index (χ0n) is 13.7. The van der Waals surface area contributed by atoms with Crippen LogP contribution in [0.3, 0.4) is 0 Å². The highest BCUT2D eigenvalue weighted by atomic mass is 32.2. The van der Waals surface area contributed by atoms with Gasteiger partial charge in [-0.05, 0) is 44.7 Å². The first-order chi connectivity index (χ1) is 10.9. The van der Waals surface area contributed by atoms with Crippen molar-refractivity contribution < 1.29 is 17.6 Å². The molecule has 0 N–H and O–H groups in total. The number of amides is 1. The number of likely N-dealkylation sites (tertiary alicyclic amines) is 1. The van der Waals surface area contributed by atoms with Crippen LogP contribution in [0, 0.1) is 6.92 Å². The number of nitrogens with zero attached hydrogens (tertiary/aromatic N) is 2. The van der Waals surface area contributed by atoms with E-state index in [0.29, 0.717) is 26.1 Å². The third-order valence-electron chi connectivity index (χ3n) is 4.86. The molecule has 6 nitrogen and oxygen atoms in total. The standard InChI is InChI=1S/C16H24N2O4S/c1-12-7-8-16(22-12)15-6-4-10-18(15)23(20,21)14-5-3-9-17(11-14)13(2)19/h7-8,14-15H,3-6,9-11H2,1-2H3/t14-,15-/m1/s1. The molecule has 0 aliphatic carbocycles. The Morgan fingerprint density at radius 3 is 2.61 bits per heavy atom.